The smallest absolute Gasteiger partial charge is 0.257 e. The first kappa shape index (κ1) is 18.3. The van der Waals surface area contributed by atoms with Crippen molar-refractivity contribution in [1.29, 1.82) is 0 Å². The lowest BCUT2D eigenvalue weighted by Gasteiger charge is -2.08. The summed E-state index contributed by atoms with van der Waals surface area (Å²) in [4.78, 5) is 25.0. The highest BCUT2D eigenvalue weighted by Gasteiger charge is 2.26. The molecule has 0 aromatic heterocycles. The first-order valence-electron chi connectivity index (χ1n) is 8.08. The number of hydrogen-bond donors (Lipinski definition) is 0. The summed E-state index contributed by atoms with van der Waals surface area (Å²) >= 11 is 0. The quantitative estimate of drug-likeness (QED) is 0.838. The topological polar surface area (TPSA) is 51.2 Å². The lowest BCUT2D eigenvalue weighted by atomic mass is 10.0. The van der Waals surface area contributed by atoms with Crippen LogP contribution in [0.1, 0.15) is 56.8 Å². The van der Waals surface area contributed by atoms with Gasteiger partial charge >= 0.3 is 0 Å². The van der Waals surface area contributed by atoms with E-state index in [1.54, 1.807) is 26.0 Å². The summed E-state index contributed by atoms with van der Waals surface area (Å²) in [6.07, 6.45) is 1.72. The molecule has 0 aliphatic heterocycles. The molecule has 0 fully saturated rings. The van der Waals surface area contributed by atoms with Crippen LogP contribution in [-0.2, 0) is 23.6 Å². The molecule has 0 radical (unpaired) electrons. The minimum atomic E-state index is -2.23. The van der Waals surface area contributed by atoms with E-state index in [0.29, 0.717) is 11.1 Å². The number of carbonyl (C=O) groups is 2. The fraction of sp³-hybridized carbons (Fsp3) is 0.300. The van der Waals surface area contributed by atoms with E-state index >= 15 is 0 Å². The van der Waals surface area contributed by atoms with Gasteiger partial charge in [-0.25, -0.2) is 4.21 Å². The number of hydrogen-bond acceptors (Lipinski definition) is 3. The van der Waals surface area contributed by atoms with Crippen molar-refractivity contribution in [2.24, 2.45) is 0 Å². The SMILES string of the molecule is CCc1ccc(C(=O)S(=O)C(=O)c2ccc(CC)cc2C)c(C)c1. The van der Waals surface area contributed by atoms with E-state index < -0.39 is 21.0 Å². The fourth-order valence-electron chi connectivity index (χ4n) is 2.63. The molecule has 2 aromatic rings. The molecule has 24 heavy (non-hydrogen) atoms. The van der Waals surface area contributed by atoms with Gasteiger partial charge in [0.2, 0.25) is 0 Å². The molecule has 0 spiro atoms. The molecule has 0 bridgehead atoms. The van der Waals surface area contributed by atoms with Crippen LogP contribution in [0, 0.1) is 13.8 Å². The number of benzene rings is 2. The zero-order chi connectivity index (χ0) is 17.9. The van der Waals surface area contributed by atoms with Gasteiger partial charge in [-0.2, -0.15) is 0 Å². The van der Waals surface area contributed by atoms with E-state index in [4.69, 9.17) is 0 Å². The van der Waals surface area contributed by atoms with Gasteiger partial charge in [0.15, 0.2) is 10.8 Å². The number of aryl methyl sites for hydroxylation is 4. The Hall–Kier alpha value is -2.07. The molecule has 4 heteroatoms. The minimum absolute atomic E-state index is 0.349. The predicted molar refractivity (Wildman–Crippen MR) is 97.9 cm³/mol. The number of carbonyl (C=O) groups excluding carboxylic acids is 2. The average molecular weight is 342 g/mol. The molecule has 0 N–H and O–H groups in total. The molecule has 0 aliphatic carbocycles. The van der Waals surface area contributed by atoms with E-state index in [-0.39, 0.29) is 0 Å². The lowest BCUT2D eigenvalue weighted by Crippen LogP contribution is -2.19. The highest BCUT2D eigenvalue weighted by Crippen LogP contribution is 2.18. The van der Waals surface area contributed by atoms with Gasteiger partial charge in [0.05, 0.1) is 0 Å². The van der Waals surface area contributed by atoms with Crippen molar-refractivity contribution in [2.75, 3.05) is 0 Å². The van der Waals surface area contributed by atoms with Crippen molar-refractivity contribution >= 4 is 21.0 Å². The van der Waals surface area contributed by atoms with Gasteiger partial charge in [-0.1, -0.05) is 38.1 Å². The molecular formula is C20H22O3S. The average Bonchev–Trinajstić information content (AvgIpc) is 2.59. The molecule has 0 aliphatic rings. The second-order valence-corrected chi connectivity index (χ2v) is 7.13. The highest BCUT2D eigenvalue weighted by molar-refractivity contribution is 8.14. The summed E-state index contributed by atoms with van der Waals surface area (Å²) in [7, 11) is -2.23. The Labute approximate surface area is 145 Å². The largest absolute Gasteiger partial charge is 0.278 e. The van der Waals surface area contributed by atoms with Crippen molar-refractivity contribution in [3.8, 4) is 0 Å². The molecule has 0 amide bonds. The Morgan fingerprint density at radius 3 is 1.46 bits per heavy atom. The van der Waals surface area contributed by atoms with Crippen LogP contribution < -0.4 is 0 Å². The molecule has 2 aromatic carbocycles. The summed E-state index contributed by atoms with van der Waals surface area (Å²) in [5, 5.41) is -1.25. The van der Waals surface area contributed by atoms with Gasteiger partial charge in [0, 0.05) is 11.1 Å². The maximum atomic E-state index is 12.5. The molecule has 0 saturated heterocycles. The van der Waals surface area contributed by atoms with Crippen molar-refractivity contribution in [3.63, 3.8) is 0 Å². The molecule has 0 atom stereocenters. The number of rotatable bonds is 4. The molecule has 3 nitrogen and oxygen atoms in total. The van der Waals surface area contributed by atoms with Gasteiger partial charge in [-0.15, -0.1) is 0 Å². The Morgan fingerprint density at radius 1 is 0.792 bits per heavy atom. The van der Waals surface area contributed by atoms with Crippen LogP contribution in [0.3, 0.4) is 0 Å². The van der Waals surface area contributed by atoms with Gasteiger partial charge in [0.1, 0.15) is 0 Å². The second-order valence-electron chi connectivity index (χ2n) is 5.85. The molecule has 0 heterocycles. The zero-order valence-electron chi connectivity index (χ0n) is 14.5. The van der Waals surface area contributed by atoms with Crippen molar-refractivity contribution < 1.29 is 13.8 Å². The van der Waals surface area contributed by atoms with E-state index in [9.17, 15) is 13.8 Å². The van der Waals surface area contributed by atoms with Crippen LogP contribution in [0.4, 0.5) is 0 Å². The van der Waals surface area contributed by atoms with E-state index in [1.807, 2.05) is 38.1 Å². The second kappa shape index (κ2) is 7.67. The maximum absolute atomic E-state index is 12.5. The van der Waals surface area contributed by atoms with Crippen molar-refractivity contribution in [1.82, 2.24) is 0 Å². The van der Waals surface area contributed by atoms with Crippen LogP contribution in [-0.4, -0.2) is 14.4 Å². The first-order chi connectivity index (χ1) is 11.4. The Morgan fingerprint density at radius 2 is 1.17 bits per heavy atom. The van der Waals surface area contributed by atoms with Gasteiger partial charge in [-0.05, 0) is 61.1 Å². The van der Waals surface area contributed by atoms with E-state index in [0.717, 1.165) is 35.1 Å². The van der Waals surface area contributed by atoms with E-state index in [1.165, 1.54) is 0 Å². The van der Waals surface area contributed by atoms with E-state index in [2.05, 4.69) is 0 Å². The summed E-state index contributed by atoms with van der Waals surface area (Å²) in [5.41, 5.74) is 4.40. The predicted octanol–water partition coefficient (Wildman–Crippen LogP) is 4.16. The monoisotopic (exact) mass is 342 g/mol. The van der Waals surface area contributed by atoms with Crippen LogP contribution in [0.5, 0.6) is 0 Å². The fourth-order valence-corrected chi connectivity index (χ4v) is 3.66. The van der Waals surface area contributed by atoms with Crippen LogP contribution in [0.25, 0.3) is 0 Å². The molecular weight excluding hydrogens is 320 g/mol. The highest BCUT2D eigenvalue weighted by atomic mass is 32.2. The third-order valence-electron chi connectivity index (χ3n) is 4.17. The van der Waals surface area contributed by atoms with Gasteiger partial charge in [-0.3, -0.25) is 9.59 Å². The summed E-state index contributed by atoms with van der Waals surface area (Å²) in [6.45, 7) is 7.66. The molecule has 0 saturated carbocycles. The summed E-state index contributed by atoms with van der Waals surface area (Å²) < 4.78 is 12.5. The van der Waals surface area contributed by atoms with Crippen molar-refractivity contribution in [2.45, 2.75) is 40.5 Å². The van der Waals surface area contributed by atoms with Crippen molar-refractivity contribution in [3.05, 3.63) is 69.8 Å². The Bertz CT molecular complexity index is 754. The van der Waals surface area contributed by atoms with Gasteiger partial charge < -0.3 is 0 Å². The zero-order valence-corrected chi connectivity index (χ0v) is 15.3. The van der Waals surface area contributed by atoms with Crippen LogP contribution >= 0.6 is 0 Å². The molecule has 2 rings (SSSR count). The standard InChI is InChI=1S/C20H22O3S/c1-5-15-7-9-17(13(3)11-15)19(21)24(23)20(22)18-10-8-16(6-2)12-14(18)4/h7-12H,5-6H2,1-4H3. The molecule has 0 unspecified atom stereocenters. The van der Waals surface area contributed by atoms with Gasteiger partial charge in [0.25, 0.3) is 10.2 Å². The van der Waals surface area contributed by atoms with Crippen LogP contribution in [0.15, 0.2) is 36.4 Å². The Kier molecular flexibility index (Phi) is 5.84. The normalized spacial score (nSPS) is 10.9. The lowest BCUT2D eigenvalue weighted by molar-refractivity contribution is 0.105. The maximum Gasteiger partial charge on any atom is 0.257 e. The van der Waals surface area contributed by atoms with Crippen LogP contribution in [0.2, 0.25) is 0 Å². The third-order valence-corrected chi connectivity index (χ3v) is 5.29. The summed E-state index contributed by atoms with van der Waals surface area (Å²) in [6, 6.07) is 10.8. The third kappa shape index (κ3) is 3.70. The minimum Gasteiger partial charge on any atom is -0.278 e. The first-order valence-corrected chi connectivity index (χ1v) is 9.23. The Balaban J connectivity index is 2.31. The summed E-state index contributed by atoms with van der Waals surface area (Å²) in [5.74, 6) is 0. The molecule has 126 valence electrons.